The van der Waals surface area contributed by atoms with Gasteiger partial charge in [-0.05, 0) is 55.7 Å². The van der Waals surface area contributed by atoms with E-state index in [0.29, 0.717) is 23.4 Å². The van der Waals surface area contributed by atoms with E-state index >= 15 is 0 Å². The Hall–Kier alpha value is -2.82. The van der Waals surface area contributed by atoms with Crippen LogP contribution in [0, 0.1) is 6.92 Å². The number of aliphatic carboxylic acids is 1. The van der Waals surface area contributed by atoms with E-state index in [4.69, 9.17) is 9.84 Å². The zero-order valence-corrected chi connectivity index (χ0v) is 14.7. The van der Waals surface area contributed by atoms with Crippen molar-refractivity contribution in [3.05, 3.63) is 59.7 Å². The van der Waals surface area contributed by atoms with Crippen LogP contribution in [0.1, 0.15) is 37.3 Å². The molecule has 0 aliphatic heterocycles. The van der Waals surface area contributed by atoms with Gasteiger partial charge in [0.1, 0.15) is 5.75 Å². The molecule has 2 aromatic rings. The molecule has 132 valence electrons. The molecule has 0 spiro atoms. The fraction of sp³-hybridized carbons (Fsp3) is 0.300. The highest BCUT2D eigenvalue weighted by molar-refractivity contribution is 5.94. The molecule has 2 rings (SSSR count). The molecule has 0 radical (unpaired) electrons. The van der Waals surface area contributed by atoms with E-state index < -0.39 is 18.0 Å². The highest BCUT2D eigenvalue weighted by atomic mass is 16.5. The Morgan fingerprint density at radius 3 is 2.52 bits per heavy atom. The number of amides is 1. The first-order chi connectivity index (χ1) is 11.9. The number of carboxylic acids is 1. The van der Waals surface area contributed by atoms with Crippen LogP contribution >= 0.6 is 0 Å². The number of carbonyl (C=O) groups excluding carboxylic acids is 1. The van der Waals surface area contributed by atoms with Gasteiger partial charge in [-0.1, -0.05) is 31.2 Å². The lowest BCUT2D eigenvalue weighted by molar-refractivity contribution is -0.138. The quantitative estimate of drug-likeness (QED) is 0.799. The minimum atomic E-state index is -0.905. The third-order valence-corrected chi connectivity index (χ3v) is 3.96. The lowest BCUT2D eigenvalue weighted by Gasteiger charge is -2.18. The molecule has 0 aliphatic carbocycles. The van der Waals surface area contributed by atoms with Crippen LogP contribution in [0.25, 0.3) is 0 Å². The number of carbonyl (C=O) groups is 2. The number of benzene rings is 2. The second-order valence-electron chi connectivity index (χ2n) is 6.01. The zero-order valence-electron chi connectivity index (χ0n) is 14.7. The fourth-order valence-corrected chi connectivity index (χ4v) is 2.43. The van der Waals surface area contributed by atoms with E-state index in [1.54, 1.807) is 31.2 Å². The maximum absolute atomic E-state index is 12.5. The zero-order chi connectivity index (χ0) is 18.4. The summed E-state index contributed by atoms with van der Waals surface area (Å²) >= 11 is 0. The Bertz CT molecular complexity index is 757. The number of aryl methyl sites for hydroxylation is 1. The molecule has 5 nitrogen and oxygen atoms in total. The minimum Gasteiger partial charge on any atom is -0.481 e. The van der Waals surface area contributed by atoms with Crippen molar-refractivity contribution in [1.82, 2.24) is 0 Å². The lowest BCUT2D eigenvalue weighted by Crippen LogP contribution is -2.32. The van der Waals surface area contributed by atoms with Crippen molar-refractivity contribution in [2.24, 2.45) is 0 Å². The summed E-state index contributed by atoms with van der Waals surface area (Å²) in [6.45, 7) is 5.45. The standard InChI is InChI=1S/C20H23NO4/c1-4-18(25-17-10-5-7-13(2)11-17)19(22)21-16-9-6-8-15(12-16)14(3)20(23)24/h5-12,14,18H,4H2,1-3H3,(H,21,22)(H,23,24). The first-order valence-corrected chi connectivity index (χ1v) is 8.27. The Morgan fingerprint density at radius 2 is 1.88 bits per heavy atom. The highest BCUT2D eigenvalue weighted by Crippen LogP contribution is 2.21. The summed E-state index contributed by atoms with van der Waals surface area (Å²) in [4.78, 5) is 23.6. The van der Waals surface area contributed by atoms with Crippen LogP contribution in [-0.4, -0.2) is 23.1 Å². The molecule has 2 aromatic carbocycles. The van der Waals surface area contributed by atoms with Crippen LogP contribution in [0.3, 0.4) is 0 Å². The van der Waals surface area contributed by atoms with Gasteiger partial charge in [0.2, 0.25) is 0 Å². The van der Waals surface area contributed by atoms with E-state index in [2.05, 4.69) is 5.32 Å². The molecule has 2 N–H and O–H groups in total. The van der Waals surface area contributed by atoms with Crippen molar-refractivity contribution < 1.29 is 19.4 Å². The molecule has 0 aliphatic rings. The van der Waals surface area contributed by atoms with Crippen LogP contribution in [0.15, 0.2) is 48.5 Å². The van der Waals surface area contributed by atoms with Gasteiger partial charge in [0, 0.05) is 5.69 Å². The van der Waals surface area contributed by atoms with Gasteiger partial charge >= 0.3 is 5.97 Å². The molecule has 2 unspecified atom stereocenters. The maximum Gasteiger partial charge on any atom is 0.310 e. The van der Waals surface area contributed by atoms with E-state index in [9.17, 15) is 9.59 Å². The highest BCUT2D eigenvalue weighted by Gasteiger charge is 2.19. The predicted octanol–water partition coefficient (Wildman–Crippen LogP) is 3.98. The van der Waals surface area contributed by atoms with Crippen molar-refractivity contribution in [2.45, 2.75) is 39.2 Å². The summed E-state index contributed by atoms with van der Waals surface area (Å²) in [6.07, 6.45) is -0.104. The van der Waals surface area contributed by atoms with Crippen molar-refractivity contribution in [1.29, 1.82) is 0 Å². The lowest BCUT2D eigenvalue weighted by atomic mass is 10.0. The SMILES string of the molecule is CCC(Oc1cccc(C)c1)C(=O)Nc1cccc(C(C)C(=O)O)c1. The summed E-state index contributed by atoms with van der Waals surface area (Å²) in [5.74, 6) is -1.15. The van der Waals surface area contributed by atoms with Gasteiger partial charge in [0.25, 0.3) is 5.91 Å². The molecule has 5 heteroatoms. The Kier molecular flexibility index (Phi) is 6.17. The van der Waals surface area contributed by atoms with Crippen LogP contribution < -0.4 is 10.1 Å². The average molecular weight is 341 g/mol. The number of rotatable bonds is 7. The molecule has 0 heterocycles. The van der Waals surface area contributed by atoms with Crippen LogP contribution in [0.2, 0.25) is 0 Å². The Labute approximate surface area is 147 Å². The number of carboxylic acid groups (broad SMARTS) is 1. The van der Waals surface area contributed by atoms with Crippen molar-refractivity contribution in [3.63, 3.8) is 0 Å². The second-order valence-corrected chi connectivity index (χ2v) is 6.01. The van der Waals surface area contributed by atoms with E-state index in [1.165, 1.54) is 0 Å². The minimum absolute atomic E-state index is 0.260. The molecular weight excluding hydrogens is 318 g/mol. The predicted molar refractivity (Wildman–Crippen MR) is 97.0 cm³/mol. The Morgan fingerprint density at radius 1 is 1.16 bits per heavy atom. The van der Waals surface area contributed by atoms with E-state index in [1.807, 2.05) is 38.1 Å². The second kappa shape index (κ2) is 8.33. The molecule has 25 heavy (non-hydrogen) atoms. The number of ether oxygens (including phenoxy) is 1. The van der Waals surface area contributed by atoms with Gasteiger partial charge in [-0.2, -0.15) is 0 Å². The van der Waals surface area contributed by atoms with Gasteiger partial charge in [0.15, 0.2) is 6.10 Å². The maximum atomic E-state index is 12.5. The first-order valence-electron chi connectivity index (χ1n) is 8.27. The molecule has 0 bridgehead atoms. The number of anilines is 1. The third kappa shape index (κ3) is 5.08. The average Bonchev–Trinajstić information content (AvgIpc) is 2.59. The number of hydrogen-bond donors (Lipinski definition) is 2. The van der Waals surface area contributed by atoms with Crippen LogP contribution in [-0.2, 0) is 9.59 Å². The normalized spacial score (nSPS) is 12.9. The van der Waals surface area contributed by atoms with Crippen LogP contribution in [0.5, 0.6) is 5.75 Å². The van der Waals surface area contributed by atoms with Gasteiger partial charge in [-0.25, -0.2) is 0 Å². The van der Waals surface area contributed by atoms with Gasteiger partial charge in [0.05, 0.1) is 5.92 Å². The van der Waals surface area contributed by atoms with E-state index in [0.717, 1.165) is 5.56 Å². The molecule has 0 aromatic heterocycles. The largest absolute Gasteiger partial charge is 0.481 e. The topological polar surface area (TPSA) is 75.6 Å². The van der Waals surface area contributed by atoms with Crippen molar-refractivity contribution in [3.8, 4) is 5.75 Å². The Balaban J connectivity index is 2.09. The van der Waals surface area contributed by atoms with Crippen molar-refractivity contribution >= 4 is 17.6 Å². The van der Waals surface area contributed by atoms with Crippen LogP contribution in [0.4, 0.5) is 5.69 Å². The molecule has 1 amide bonds. The summed E-state index contributed by atoms with van der Waals surface area (Å²) < 4.78 is 5.79. The molecular formula is C20H23NO4. The van der Waals surface area contributed by atoms with Crippen molar-refractivity contribution in [2.75, 3.05) is 5.32 Å². The summed E-state index contributed by atoms with van der Waals surface area (Å²) in [7, 11) is 0. The van der Waals surface area contributed by atoms with Gasteiger partial charge in [-0.15, -0.1) is 0 Å². The summed E-state index contributed by atoms with van der Waals surface area (Å²) in [6, 6.07) is 14.4. The first kappa shape index (κ1) is 18.5. The van der Waals surface area contributed by atoms with Gasteiger partial charge < -0.3 is 15.2 Å². The number of hydrogen-bond acceptors (Lipinski definition) is 3. The smallest absolute Gasteiger partial charge is 0.310 e. The van der Waals surface area contributed by atoms with E-state index in [-0.39, 0.29) is 5.91 Å². The molecule has 0 saturated carbocycles. The molecule has 0 saturated heterocycles. The third-order valence-electron chi connectivity index (χ3n) is 3.96. The monoisotopic (exact) mass is 341 g/mol. The summed E-state index contributed by atoms with van der Waals surface area (Å²) in [5, 5.41) is 11.9. The fourth-order valence-electron chi connectivity index (χ4n) is 2.43. The number of nitrogens with one attached hydrogen (secondary N) is 1. The molecule has 0 fully saturated rings. The van der Waals surface area contributed by atoms with Gasteiger partial charge in [-0.3, -0.25) is 9.59 Å². The molecule has 2 atom stereocenters. The summed E-state index contributed by atoms with van der Waals surface area (Å²) in [5.41, 5.74) is 2.25.